The van der Waals surface area contributed by atoms with Crippen LogP contribution in [0.3, 0.4) is 0 Å². The van der Waals surface area contributed by atoms with Crippen LogP contribution in [-0.2, 0) is 16.3 Å². The van der Waals surface area contributed by atoms with Crippen molar-refractivity contribution in [2.24, 2.45) is 0 Å². The van der Waals surface area contributed by atoms with E-state index in [1.807, 2.05) is 20.8 Å². The maximum Gasteiger partial charge on any atom is 0.259 e. The van der Waals surface area contributed by atoms with Gasteiger partial charge in [0.15, 0.2) is 9.84 Å². The van der Waals surface area contributed by atoms with Crippen molar-refractivity contribution in [2.75, 3.05) is 18.8 Å². The van der Waals surface area contributed by atoms with Gasteiger partial charge in [-0.05, 0) is 39.3 Å². The van der Waals surface area contributed by atoms with E-state index in [1.165, 1.54) is 4.90 Å². The predicted molar refractivity (Wildman–Crippen MR) is 95.4 cm³/mol. The number of rotatable bonds is 7. The lowest BCUT2D eigenvalue weighted by atomic mass is 10.1. The summed E-state index contributed by atoms with van der Waals surface area (Å²) in [7, 11) is -3.44. The molecule has 0 aliphatic heterocycles. The summed E-state index contributed by atoms with van der Waals surface area (Å²) in [5.74, 6) is 0.0976. The number of nitrogens with zero attached hydrogens (tertiary/aromatic N) is 2. The first kappa shape index (κ1) is 19.2. The lowest BCUT2D eigenvalue weighted by molar-refractivity contribution is 0.0771. The van der Waals surface area contributed by atoms with Crippen LogP contribution in [0.1, 0.15) is 41.2 Å². The molecule has 0 spiro atoms. The van der Waals surface area contributed by atoms with Crippen LogP contribution in [0.25, 0.3) is 0 Å². The van der Waals surface area contributed by atoms with Gasteiger partial charge in [0, 0.05) is 13.1 Å². The van der Waals surface area contributed by atoms with Gasteiger partial charge >= 0.3 is 0 Å². The van der Waals surface area contributed by atoms with Crippen molar-refractivity contribution >= 4 is 15.7 Å². The van der Waals surface area contributed by atoms with E-state index < -0.39 is 9.84 Å². The molecule has 7 heteroatoms. The van der Waals surface area contributed by atoms with Crippen LogP contribution < -0.4 is 0 Å². The van der Waals surface area contributed by atoms with E-state index in [0.717, 1.165) is 5.56 Å². The van der Waals surface area contributed by atoms with Crippen molar-refractivity contribution in [1.82, 2.24) is 10.1 Å². The third-order valence-electron chi connectivity index (χ3n) is 4.16. The number of carbonyl (C=O) groups excluding carboxylic acids is 1. The number of benzene rings is 1. The van der Waals surface area contributed by atoms with Crippen molar-refractivity contribution in [2.45, 2.75) is 39.0 Å². The molecular weight excluding hydrogens is 340 g/mol. The normalized spacial score (nSPS) is 11.5. The Bertz CT molecular complexity index is 838. The predicted octanol–water partition coefficient (Wildman–Crippen LogP) is 2.79. The van der Waals surface area contributed by atoms with Crippen molar-refractivity contribution in [3.8, 4) is 0 Å². The first-order valence-corrected chi connectivity index (χ1v) is 9.99. The zero-order valence-corrected chi connectivity index (χ0v) is 15.9. The quantitative estimate of drug-likeness (QED) is 0.755. The molecule has 0 fully saturated rings. The molecule has 136 valence electrons. The molecule has 0 aliphatic carbocycles. The number of hydrogen-bond acceptors (Lipinski definition) is 5. The van der Waals surface area contributed by atoms with Crippen molar-refractivity contribution < 1.29 is 17.7 Å². The van der Waals surface area contributed by atoms with Crippen LogP contribution in [0, 0.1) is 13.8 Å². The third kappa shape index (κ3) is 4.28. The first-order valence-electron chi connectivity index (χ1n) is 8.34. The molecule has 0 saturated carbocycles. The van der Waals surface area contributed by atoms with Crippen molar-refractivity contribution in [3.63, 3.8) is 0 Å². The van der Waals surface area contributed by atoms with E-state index in [4.69, 9.17) is 4.52 Å². The van der Waals surface area contributed by atoms with Gasteiger partial charge in [-0.2, -0.15) is 0 Å². The maximum atomic E-state index is 12.8. The van der Waals surface area contributed by atoms with E-state index in [1.54, 1.807) is 31.2 Å². The summed E-state index contributed by atoms with van der Waals surface area (Å²) in [5.41, 5.74) is 2.04. The highest BCUT2D eigenvalue weighted by Gasteiger charge is 2.25. The lowest BCUT2D eigenvalue weighted by Gasteiger charge is -2.21. The average Bonchev–Trinajstić information content (AvgIpc) is 2.96. The lowest BCUT2D eigenvalue weighted by Crippen LogP contribution is -2.35. The van der Waals surface area contributed by atoms with Crippen LogP contribution in [0.5, 0.6) is 0 Å². The summed E-state index contributed by atoms with van der Waals surface area (Å²) in [6, 6.07) is 6.73. The summed E-state index contributed by atoms with van der Waals surface area (Å²) < 4.78 is 30.1. The van der Waals surface area contributed by atoms with Crippen LogP contribution >= 0.6 is 0 Å². The molecule has 1 heterocycles. The monoisotopic (exact) mass is 364 g/mol. The molecule has 0 bridgehead atoms. The minimum Gasteiger partial charge on any atom is -0.361 e. The van der Waals surface area contributed by atoms with Gasteiger partial charge < -0.3 is 9.42 Å². The summed E-state index contributed by atoms with van der Waals surface area (Å²) in [4.78, 5) is 14.6. The molecule has 25 heavy (non-hydrogen) atoms. The second-order valence-corrected chi connectivity index (χ2v) is 8.04. The summed E-state index contributed by atoms with van der Waals surface area (Å²) in [6.45, 7) is 7.85. The second kappa shape index (κ2) is 7.82. The van der Waals surface area contributed by atoms with Gasteiger partial charge in [0.25, 0.3) is 5.91 Å². The Morgan fingerprint density at radius 1 is 1.16 bits per heavy atom. The molecule has 1 amide bonds. The molecule has 0 radical (unpaired) electrons. The van der Waals surface area contributed by atoms with E-state index in [-0.39, 0.29) is 23.1 Å². The van der Waals surface area contributed by atoms with Crippen LogP contribution in [0.4, 0.5) is 0 Å². The number of aromatic nitrogens is 1. The van der Waals surface area contributed by atoms with E-state index in [2.05, 4.69) is 5.16 Å². The van der Waals surface area contributed by atoms with Gasteiger partial charge in [-0.1, -0.05) is 29.8 Å². The largest absolute Gasteiger partial charge is 0.361 e. The second-order valence-electron chi connectivity index (χ2n) is 5.93. The Labute approximate surface area is 148 Å². The van der Waals surface area contributed by atoms with Gasteiger partial charge in [0.2, 0.25) is 0 Å². The summed E-state index contributed by atoms with van der Waals surface area (Å²) in [5, 5.41) is 3.90. The number of aryl methyl sites for hydroxylation is 3. The average molecular weight is 364 g/mol. The van der Waals surface area contributed by atoms with E-state index in [0.29, 0.717) is 30.0 Å². The summed E-state index contributed by atoms with van der Waals surface area (Å²) >= 11 is 0. The molecule has 0 unspecified atom stereocenters. The van der Waals surface area contributed by atoms with Crippen LogP contribution in [0.15, 0.2) is 33.7 Å². The van der Waals surface area contributed by atoms with Gasteiger partial charge in [0.05, 0.1) is 16.3 Å². The number of carbonyl (C=O) groups is 1. The molecule has 1 aromatic carbocycles. The molecule has 0 aliphatic rings. The molecule has 0 atom stereocenters. The fourth-order valence-corrected chi connectivity index (χ4v) is 3.84. The minimum absolute atomic E-state index is 0.124. The number of hydrogen-bond donors (Lipinski definition) is 0. The number of amides is 1. The van der Waals surface area contributed by atoms with Crippen LogP contribution in [0.2, 0.25) is 0 Å². The third-order valence-corrected chi connectivity index (χ3v) is 5.87. The SMILES string of the molecule is CCc1noc(C)c1C(=O)N(CC)CCS(=O)(=O)c1ccc(C)cc1. The molecule has 0 saturated heterocycles. The Morgan fingerprint density at radius 2 is 1.80 bits per heavy atom. The standard InChI is InChI=1S/C18H24N2O4S/c1-5-16-17(14(4)24-19-16)18(21)20(6-2)11-12-25(22,23)15-9-7-13(3)8-10-15/h7-10H,5-6,11-12H2,1-4H3. The Kier molecular flexibility index (Phi) is 6.00. The van der Waals surface area contributed by atoms with Crippen molar-refractivity contribution in [3.05, 3.63) is 46.8 Å². The van der Waals surface area contributed by atoms with Gasteiger partial charge in [-0.15, -0.1) is 0 Å². The summed E-state index contributed by atoms with van der Waals surface area (Å²) in [6.07, 6.45) is 0.581. The van der Waals surface area contributed by atoms with Gasteiger partial charge in [-0.3, -0.25) is 4.79 Å². The van der Waals surface area contributed by atoms with Crippen LogP contribution in [-0.4, -0.2) is 43.2 Å². The van der Waals surface area contributed by atoms with E-state index in [9.17, 15) is 13.2 Å². The smallest absolute Gasteiger partial charge is 0.259 e. The fraction of sp³-hybridized carbons (Fsp3) is 0.444. The topological polar surface area (TPSA) is 80.5 Å². The molecule has 0 N–H and O–H groups in total. The number of sulfone groups is 1. The zero-order chi connectivity index (χ0) is 18.6. The van der Waals surface area contributed by atoms with Gasteiger partial charge in [-0.25, -0.2) is 8.42 Å². The first-order chi connectivity index (χ1) is 11.8. The van der Waals surface area contributed by atoms with Gasteiger partial charge in [0.1, 0.15) is 11.3 Å². The zero-order valence-electron chi connectivity index (χ0n) is 15.1. The minimum atomic E-state index is -3.44. The Balaban J connectivity index is 2.15. The highest BCUT2D eigenvalue weighted by Crippen LogP contribution is 2.18. The molecule has 2 aromatic rings. The van der Waals surface area contributed by atoms with Crippen molar-refractivity contribution in [1.29, 1.82) is 0 Å². The Morgan fingerprint density at radius 3 is 2.36 bits per heavy atom. The highest BCUT2D eigenvalue weighted by atomic mass is 32.2. The highest BCUT2D eigenvalue weighted by molar-refractivity contribution is 7.91. The maximum absolute atomic E-state index is 12.8. The van der Waals surface area contributed by atoms with E-state index >= 15 is 0 Å². The molecular formula is C18H24N2O4S. The molecule has 6 nitrogen and oxygen atoms in total. The fourth-order valence-electron chi connectivity index (χ4n) is 2.59. The Hall–Kier alpha value is -2.15. The molecule has 2 rings (SSSR count). The molecule has 1 aromatic heterocycles.